The van der Waals surface area contributed by atoms with Gasteiger partial charge in [-0.3, -0.25) is 9.59 Å². The smallest absolute Gasteiger partial charge is 0.257 e. The van der Waals surface area contributed by atoms with E-state index in [0.717, 1.165) is 19.0 Å². The minimum Gasteiger partial charge on any atom is -0.368 e. The third-order valence-electron chi connectivity index (χ3n) is 3.48. The van der Waals surface area contributed by atoms with Gasteiger partial charge in [0.2, 0.25) is 5.91 Å². The molecular formula is C14H17F2N3O2. The average Bonchev–Trinajstić information content (AvgIpc) is 2.48. The van der Waals surface area contributed by atoms with Gasteiger partial charge in [-0.2, -0.15) is 0 Å². The summed E-state index contributed by atoms with van der Waals surface area (Å²) in [6.07, 6.45) is 1.52. The highest BCUT2D eigenvalue weighted by atomic mass is 19.2. The van der Waals surface area contributed by atoms with Crippen molar-refractivity contribution in [3.05, 3.63) is 35.4 Å². The summed E-state index contributed by atoms with van der Waals surface area (Å²) in [6.45, 7) is 1.00. The second-order valence-electron chi connectivity index (χ2n) is 5.00. The quantitative estimate of drug-likeness (QED) is 0.856. The van der Waals surface area contributed by atoms with Crippen LogP contribution < -0.4 is 11.1 Å². The molecule has 5 nitrogen and oxygen atoms in total. The molecule has 1 fully saturated rings. The van der Waals surface area contributed by atoms with E-state index in [9.17, 15) is 18.4 Å². The van der Waals surface area contributed by atoms with Gasteiger partial charge in [0.05, 0.1) is 12.1 Å². The number of nitrogens with one attached hydrogen (secondary N) is 1. The Labute approximate surface area is 121 Å². The van der Waals surface area contributed by atoms with Crippen LogP contribution in [0, 0.1) is 11.6 Å². The molecule has 0 bridgehead atoms. The lowest BCUT2D eigenvalue weighted by molar-refractivity contribution is -0.119. The molecule has 114 valence electrons. The minimum absolute atomic E-state index is 0.263. The maximum atomic E-state index is 13.8. The predicted octanol–water partition coefficient (Wildman–Crippen LogP) is 0.644. The Hall–Kier alpha value is -2.02. The van der Waals surface area contributed by atoms with Crippen LogP contribution in [-0.2, 0) is 4.79 Å². The minimum atomic E-state index is -1.21. The first kappa shape index (κ1) is 15.4. The van der Waals surface area contributed by atoms with Crippen LogP contribution in [0.5, 0.6) is 0 Å². The highest BCUT2D eigenvalue weighted by Crippen LogP contribution is 2.18. The number of hydrogen-bond donors (Lipinski definition) is 2. The summed E-state index contributed by atoms with van der Waals surface area (Å²) < 4.78 is 27.0. The summed E-state index contributed by atoms with van der Waals surface area (Å²) in [5.74, 6) is -3.72. The molecule has 0 aromatic heterocycles. The molecule has 0 aliphatic carbocycles. The van der Waals surface area contributed by atoms with Crippen molar-refractivity contribution in [1.82, 2.24) is 10.2 Å². The molecule has 0 saturated carbocycles. The SMILES string of the molecule is NC(=O)CN(C(=O)c1cccc(F)c1F)C1CCCNC1. The second-order valence-corrected chi connectivity index (χ2v) is 5.00. The molecule has 0 radical (unpaired) electrons. The van der Waals surface area contributed by atoms with Crippen molar-refractivity contribution in [2.75, 3.05) is 19.6 Å². The van der Waals surface area contributed by atoms with Gasteiger partial charge in [0.25, 0.3) is 5.91 Å². The lowest BCUT2D eigenvalue weighted by Gasteiger charge is -2.34. The van der Waals surface area contributed by atoms with E-state index in [1.165, 1.54) is 17.0 Å². The number of nitrogens with two attached hydrogens (primary N) is 1. The number of nitrogens with zero attached hydrogens (tertiary/aromatic N) is 1. The monoisotopic (exact) mass is 297 g/mol. The third kappa shape index (κ3) is 3.55. The van der Waals surface area contributed by atoms with Gasteiger partial charge in [-0.25, -0.2) is 8.78 Å². The standard InChI is InChI=1S/C14H17F2N3O2/c15-11-5-1-4-10(13(11)16)14(21)19(8-12(17)20)9-3-2-6-18-7-9/h1,4-5,9,18H,2-3,6-8H2,(H2,17,20). The summed E-state index contributed by atoms with van der Waals surface area (Å²) in [7, 11) is 0. The molecule has 1 aliphatic heterocycles. The van der Waals surface area contributed by atoms with Crippen molar-refractivity contribution < 1.29 is 18.4 Å². The number of amides is 2. The molecule has 1 aliphatic rings. The number of halogens is 2. The van der Waals surface area contributed by atoms with E-state index in [1.807, 2.05) is 0 Å². The summed E-state index contributed by atoms with van der Waals surface area (Å²) in [6, 6.07) is 3.13. The van der Waals surface area contributed by atoms with Gasteiger partial charge in [-0.15, -0.1) is 0 Å². The van der Waals surface area contributed by atoms with Crippen molar-refractivity contribution in [1.29, 1.82) is 0 Å². The topological polar surface area (TPSA) is 75.4 Å². The second kappa shape index (κ2) is 6.62. The molecule has 1 unspecified atom stereocenters. The van der Waals surface area contributed by atoms with Crippen LogP contribution in [0.4, 0.5) is 8.78 Å². The third-order valence-corrected chi connectivity index (χ3v) is 3.48. The van der Waals surface area contributed by atoms with E-state index < -0.39 is 23.4 Å². The van der Waals surface area contributed by atoms with Crippen molar-refractivity contribution in [2.24, 2.45) is 5.73 Å². The van der Waals surface area contributed by atoms with Crippen LogP contribution in [0.3, 0.4) is 0 Å². The fourth-order valence-corrected chi connectivity index (χ4v) is 2.46. The number of piperidine rings is 1. The zero-order valence-corrected chi connectivity index (χ0v) is 11.4. The maximum absolute atomic E-state index is 13.8. The predicted molar refractivity (Wildman–Crippen MR) is 72.5 cm³/mol. The zero-order valence-electron chi connectivity index (χ0n) is 11.4. The molecule has 1 heterocycles. The average molecular weight is 297 g/mol. The summed E-state index contributed by atoms with van der Waals surface area (Å²) >= 11 is 0. The number of benzene rings is 1. The van der Waals surface area contributed by atoms with Gasteiger partial charge >= 0.3 is 0 Å². The van der Waals surface area contributed by atoms with Crippen molar-refractivity contribution in [2.45, 2.75) is 18.9 Å². The molecule has 1 saturated heterocycles. The van der Waals surface area contributed by atoms with Crippen LogP contribution in [0.15, 0.2) is 18.2 Å². The van der Waals surface area contributed by atoms with E-state index in [0.29, 0.717) is 13.0 Å². The lowest BCUT2D eigenvalue weighted by atomic mass is 10.0. The van der Waals surface area contributed by atoms with Crippen LogP contribution in [-0.4, -0.2) is 42.4 Å². The van der Waals surface area contributed by atoms with Crippen LogP contribution >= 0.6 is 0 Å². The highest BCUT2D eigenvalue weighted by Gasteiger charge is 2.29. The number of hydrogen-bond acceptors (Lipinski definition) is 3. The Morgan fingerprint density at radius 1 is 1.38 bits per heavy atom. The van der Waals surface area contributed by atoms with E-state index in [-0.39, 0.29) is 18.2 Å². The Morgan fingerprint density at radius 2 is 2.14 bits per heavy atom. The number of carbonyl (C=O) groups is 2. The normalized spacial score (nSPS) is 18.3. The van der Waals surface area contributed by atoms with Gasteiger partial charge in [-0.05, 0) is 31.5 Å². The fraction of sp³-hybridized carbons (Fsp3) is 0.429. The van der Waals surface area contributed by atoms with Gasteiger partial charge in [-0.1, -0.05) is 6.07 Å². The molecule has 0 spiro atoms. The number of carbonyl (C=O) groups excluding carboxylic acids is 2. The largest absolute Gasteiger partial charge is 0.368 e. The van der Waals surface area contributed by atoms with Crippen molar-refractivity contribution >= 4 is 11.8 Å². The summed E-state index contributed by atoms with van der Waals surface area (Å²) in [5.41, 5.74) is 4.78. The van der Waals surface area contributed by atoms with Crippen LogP contribution in [0.1, 0.15) is 23.2 Å². The number of rotatable bonds is 4. The van der Waals surface area contributed by atoms with Crippen LogP contribution in [0.2, 0.25) is 0 Å². The fourth-order valence-electron chi connectivity index (χ4n) is 2.46. The molecule has 21 heavy (non-hydrogen) atoms. The Kier molecular flexibility index (Phi) is 4.85. The zero-order chi connectivity index (χ0) is 15.4. The van der Waals surface area contributed by atoms with Crippen molar-refractivity contribution in [3.63, 3.8) is 0 Å². The van der Waals surface area contributed by atoms with Crippen LogP contribution in [0.25, 0.3) is 0 Å². The van der Waals surface area contributed by atoms with Gasteiger partial charge in [0.1, 0.15) is 0 Å². The number of primary amides is 1. The van der Waals surface area contributed by atoms with E-state index in [2.05, 4.69) is 5.32 Å². The molecule has 7 heteroatoms. The first-order valence-electron chi connectivity index (χ1n) is 6.74. The highest BCUT2D eigenvalue weighted by molar-refractivity contribution is 5.96. The molecule has 1 aromatic carbocycles. The van der Waals surface area contributed by atoms with Gasteiger partial charge < -0.3 is 16.0 Å². The maximum Gasteiger partial charge on any atom is 0.257 e. The van der Waals surface area contributed by atoms with Gasteiger partial charge in [0.15, 0.2) is 11.6 Å². The molecule has 1 aromatic rings. The Morgan fingerprint density at radius 3 is 2.76 bits per heavy atom. The Bertz CT molecular complexity index is 545. The van der Waals surface area contributed by atoms with E-state index in [4.69, 9.17) is 5.73 Å². The summed E-state index contributed by atoms with van der Waals surface area (Å²) in [4.78, 5) is 24.8. The summed E-state index contributed by atoms with van der Waals surface area (Å²) in [5, 5.41) is 3.11. The van der Waals surface area contributed by atoms with Crippen molar-refractivity contribution in [3.8, 4) is 0 Å². The molecule has 1 atom stereocenters. The lowest BCUT2D eigenvalue weighted by Crippen LogP contribution is -2.51. The van der Waals surface area contributed by atoms with E-state index in [1.54, 1.807) is 0 Å². The molecular weight excluding hydrogens is 280 g/mol. The first-order valence-corrected chi connectivity index (χ1v) is 6.74. The molecule has 2 rings (SSSR count). The Balaban J connectivity index is 2.28. The van der Waals surface area contributed by atoms with E-state index >= 15 is 0 Å². The molecule has 3 N–H and O–H groups in total. The first-order chi connectivity index (χ1) is 10.0. The van der Waals surface area contributed by atoms with Gasteiger partial charge in [0, 0.05) is 12.6 Å². The molecule has 2 amide bonds.